The molecule has 0 aliphatic carbocycles. The first-order chi connectivity index (χ1) is 8.60. The molecule has 0 aliphatic rings. The van der Waals surface area contributed by atoms with Crippen LogP contribution in [0.4, 0.5) is 0 Å². The molecule has 0 aromatic carbocycles. The third kappa shape index (κ3) is 4.05. The average Bonchev–Trinajstić information content (AvgIpc) is 2.61. The Morgan fingerprint density at radius 3 is 2.72 bits per heavy atom. The largest absolute Gasteiger partial charge is 0.356 e. The molecule has 0 fully saturated rings. The van der Waals surface area contributed by atoms with E-state index in [1.165, 1.54) is 17.5 Å². The van der Waals surface area contributed by atoms with Gasteiger partial charge in [0.2, 0.25) is 5.91 Å². The Morgan fingerprint density at radius 1 is 1.39 bits per heavy atom. The molecule has 1 amide bonds. The monoisotopic (exact) mass is 269 g/mol. The van der Waals surface area contributed by atoms with Gasteiger partial charge in [0, 0.05) is 18.8 Å². The molecule has 0 saturated heterocycles. The van der Waals surface area contributed by atoms with Crippen molar-refractivity contribution in [2.45, 2.75) is 52.2 Å². The molecular weight excluding hydrogens is 246 g/mol. The van der Waals surface area contributed by atoms with E-state index in [0.717, 1.165) is 30.2 Å². The molecule has 0 atom stereocenters. The van der Waals surface area contributed by atoms with Gasteiger partial charge in [-0.05, 0) is 27.2 Å². The van der Waals surface area contributed by atoms with Crippen LogP contribution in [0.5, 0.6) is 0 Å². The van der Waals surface area contributed by atoms with E-state index in [1.807, 2.05) is 13.8 Å². The lowest BCUT2D eigenvalue weighted by atomic mass is 10.3. The van der Waals surface area contributed by atoms with Gasteiger partial charge in [0.05, 0.1) is 11.4 Å². The fraction of sp³-hybridized carbons (Fsp3) is 0.692. The molecule has 0 radical (unpaired) electrons. The maximum Gasteiger partial charge on any atom is 0.230 e. The molecule has 0 unspecified atom stereocenters. The van der Waals surface area contributed by atoms with Gasteiger partial charge in [0.25, 0.3) is 0 Å². The summed E-state index contributed by atoms with van der Waals surface area (Å²) in [6, 6.07) is 0. The van der Waals surface area contributed by atoms with E-state index in [4.69, 9.17) is 0 Å². The summed E-state index contributed by atoms with van der Waals surface area (Å²) >= 11 is 1.52. The minimum atomic E-state index is 0.0721. The number of aryl methyl sites for hydroxylation is 1. The van der Waals surface area contributed by atoms with E-state index >= 15 is 0 Å². The first-order valence-corrected chi connectivity index (χ1v) is 7.51. The lowest BCUT2D eigenvalue weighted by molar-refractivity contribution is -0.118. The number of unbranched alkanes of at least 4 members (excludes halogenated alkanes) is 1. The van der Waals surface area contributed by atoms with Gasteiger partial charge in [0.15, 0.2) is 5.16 Å². The smallest absolute Gasteiger partial charge is 0.230 e. The second-order valence-corrected chi connectivity index (χ2v) is 5.26. The van der Waals surface area contributed by atoms with E-state index in [0.29, 0.717) is 12.3 Å². The maximum absolute atomic E-state index is 11.5. The Hall–Kier alpha value is -0.970. The second-order valence-electron chi connectivity index (χ2n) is 4.31. The van der Waals surface area contributed by atoms with Crippen LogP contribution in [-0.4, -0.2) is 27.8 Å². The molecule has 0 bridgehead atoms. The summed E-state index contributed by atoms with van der Waals surface area (Å²) in [6.07, 6.45) is 2.31. The van der Waals surface area contributed by atoms with Crippen LogP contribution < -0.4 is 5.32 Å². The van der Waals surface area contributed by atoms with Crippen molar-refractivity contribution in [1.29, 1.82) is 0 Å². The van der Waals surface area contributed by atoms with Gasteiger partial charge in [-0.1, -0.05) is 25.1 Å². The summed E-state index contributed by atoms with van der Waals surface area (Å²) in [5.74, 6) is 0.512. The van der Waals surface area contributed by atoms with Gasteiger partial charge in [-0.2, -0.15) is 0 Å². The van der Waals surface area contributed by atoms with Crippen molar-refractivity contribution >= 4 is 17.7 Å². The summed E-state index contributed by atoms with van der Waals surface area (Å²) < 4.78 is 2.22. The van der Waals surface area contributed by atoms with Crippen molar-refractivity contribution in [3.05, 3.63) is 11.4 Å². The van der Waals surface area contributed by atoms with Crippen LogP contribution in [0, 0.1) is 13.8 Å². The van der Waals surface area contributed by atoms with Crippen LogP contribution in [0.3, 0.4) is 0 Å². The van der Waals surface area contributed by atoms with E-state index < -0.39 is 0 Å². The topological polar surface area (TPSA) is 46.9 Å². The van der Waals surface area contributed by atoms with Crippen molar-refractivity contribution in [2.24, 2.45) is 0 Å². The van der Waals surface area contributed by atoms with Crippen molar-refractivity contribution < 1.29 is 4.79 Å². The molecule has 4 nitrogen and oxygen atoms in total. The van der Waals surface area contributed by atoms with Crippen molar-refractivity contribution in [2.75, 3.05) is 12.3 Å². The standard InChI is InChI=1S/C13H23N3OS/c1-5-7-8-16-11(4)10(3)15-13(16)18-9-12(17)14-6-2/h5-9H2,1-4H3,(H,14,17). The number of nitrogens with zero attached hydrogens (tertiary/aromatic N) is 2. The number of amides is 1. The lowest BCUT2D eigenvalue weighted by Crippen LogP contribution is -2.24. The lowest BCUT2D eigenvalue weighted by Gasteiger charge is -2.08. The minimum Gasteiger partial charge on any atom is -0.356 e. The molecule has 0 aliphatic heterocycles. The summed E-state index contributed by atoms with van der Waals surface area (Å²) in [6.45, 7) is 9.89. The number of imidazole rings is 1. The molecule has 18 heavy (non-hydrogen) atoms. The molecule has 1 aromatic heterocycles. The fourth-order valence-corrected chi connectivity index (χ4v) is 2.64. The van der Waals surface area contributed by atoms with Gasteiger partial charge >= 0.3 is 0 Å². The van der Waals surface area contributed by atoms with Gasteiger partial charge in [-0.3, -0.25) is 4.79 Å². The minimum absolute atomic E-state index is 0.0721. The number of rotatable bonds is 7. The summed E-state index contributed by atoms with van der Waals surface area (Å²) in [4.78, 5) is 16.0. The number of thioether (sulfide) groups is 1. The number of aromatic nitrogens is 2. The van der Waals surface area contributed by atoms with Gasteiger partial charge in [0.1, 0.15) is 0 Å². The highest BCUT2D eigenvalue weighted by molar-refractivity contribution is 7.99. The van der Waals surface area contributed by atoms with Crippen LogP contribution in [0.1, 0.15) is 38.1 Å². The maximum atomic E-state index is 11.5. The zero-order valence-electron chi connectivity index (χ0n) is 11.7. The van der Waals surface area contributed by atoms with Crippen LogP contribution in [-0.2, 0) is 11.3 Å². The van der Waals surface area contributed by atoms with Crippen LogP contribution in [0.25, 0.3) is 0 Å². The van der Waals surface area contributed by atoms with Crippen molar-refractivity contribution in [3.63, 3.8) is 0 Å². The highest BCUT2D eigenvalue weighted by atomic mass is 32.2. The SMILES string of the molecule is CCCCn1c(SCC(=O)NCC)nc(C)c1C. The van der Waals surface area contributed by atoms with E-state index in [-0.39, 0.29) is 5.91 Å². The third-order valence-corrected chi connectivity index (χ3v) is 3.84. The van der Waals surface area contributed by atoms with Gasteiger partial charge < -0.3 is 9.88 Å². The molecule has 1 heterocycles. The predicted molar refractivity (Wildman–Crippen MR) is 76.0 cm³/mol. The highest BCUT2D eigenvalue weighted by Gasteiger charge is 2.12. The van der Waals surface area contributed by atoms with Gasteiger partial charge in [-0.25, -0.2) is 4.98 Å². The van der Waals surface area contributed by atoms with Crippen molar-refractivity contribution in [3.8, 4) is 0 Å². The quantitative estimate of drug-likeness (QED) is 0.774. The molecule has 0 saturated carbocycles. The summed E-state index contributed by atoms with van der Waals surface area (Å²) in [5.41, 5.74) is 2.27. The summed E-state index contributed by atoms with van der Waals surface area (Å²) in [5, 5.41) is 3.77. The second kappa shape index (κ2) is 7.46. The molecular formula is C13H23N3OS. The first kappa shape index (κ1) is 15.1. The molecule has 102 valence electrons. The molecule has 1 rings (SSSR count). The highest BCUT2D eigenvalue weighted by Crippen LogP contribution is 2.21. The van der Waals surface area contributed by atoms with E-state index in [9.17, 15) is 4.79 Å². The number of carbonyl (C=O) groups excluding carboxylic acids is 1. The Morgan fingerprint density at radius 2 is 2.11 bits per heavy atom. The number of hydrogen-bond acceptors (Lipinski definition) is 3. The third-order valence-electron chi connectivity index (χ3n) is 2.86. The number of hydrogen-bond donors (Lipinski definition) is 1. The van der Waals surface area contributed by atoms with Crippen molar-refractivity contribution in [1.82, 2.24) is 14.9 Å². The predicted octanol–water partition coefficient (Wildman–Crippen LogP) is 2.53. The Labute approximate surface area is 114 Å². The zero-order valence-corrected chi connectivity index (χ0v) is 12.6. The molecule has 1 N–H and O–H groups in total. The number of carbonyl (C=O) groups is 1. The molecule has 5 heteroatoms. The summed E-state index contributed by atoms with van der Waals surface area (Å²) in [7, 11) is 0. The average molecular weight is 269 g/mol. The Kier molecular flexibility index (Phi) is 6.25. The Balaban J connectivity index is 2.69. The van der Waals surface area contributed by atoms with E-state index in [2.05, 4.69) is 28.7 Å². The van der Waals surface area contributed by atoms with Crippen LogP contribution in [0.2, 0.25) is 0 Å². The normalized spacial score (nSPS) is 10.7. The first-order valence-electron chi connectivity index (χ1n) is 6.53. The Bertz CT molecular complexity index is 401. The number of nitrogens with one attached hydrogen (secondary N) is 1. The van der Waals surface area contributed by atoms with Crippen LogP contribution in [0.15, 0.2) is 5.16 Å². The van der Waals surface area contributed by atoms with Gasteiger partial charge in [-0.15, -0.1) is 0 Å². The fourth-order valence-electron chi connectivity index (χ4n) is 1.69. The molecule has 1 aromatic rings. The van der Waals surface area contributed by atoms with E-state index in [1.54, 1.807) is 0 Å². The zero-order chi connectivity index (χ0) is 13.5. The van der Waals surface area contributed by atoms with Crippen LogP contribution >= 0.6 is 11.8 Å². The molecule has 0 spiro atoms.